The van der Waals surface area contributed by atoms with Crippen LogP contribution in [0.4, 0.5) is 11.4 Å². The molecule has 3 aromatic rings. The molecule has 1 saturated heterocycles. The maximum atomic E-state index is 12.7. The van der Waals surface area contributed by atoms with Crippen molar-refractivity contribution in [3.63, 3.8) is 0 Å². The molecule has 0 radical (unpaired) electrons. The van der Waals surface area contributed by atoms with E-state index in [0.717, 1.165) is 6.42 Å². The van der Waals surface area contributed by atoms with Gasteiger partial charge in [0.25, 0.3) is 5.56 Å². The van der Waals surface area contributed by atoms with Gasteiger partial charge in [0.05, 0.1) is 33.6 Å². The third kappa shape index (κ3) is 3.83. The summed E-state index contributed by atoms with van der Waals surface area (Å²) in [7, 11) is 0. The third-order valence-electron chi connectivity index (χ3n) is 4.70. The second-order valence-electron chi connectivity index (χ2n) is 6.68. The number of nitrogens with one attached hydrogen (secondary N) is 1. The van der Waals surface area contributed by atoms with Crippen LogP contribution in [0.2, 0.25) is 10.0 Å². The molecule has 9 heteroatoms. The van der Waals surface area contributed by atoms with Crippen molar-refractivity contribution in [3.05, 3.63) is 63.1 Å². The van der Waals surface area contributed by atoms with E-state index < -0.39 is 11.5 Å². The molecule has 2 amide bonds. The molecule has 1 fully saturated rings. The summed E-state index contributed by atoms with van der Waals surface area (Å²) in [5.41, 5.74) is 1.07. The highest BCUT2D eigenvalue weighted by molar-refractivity contribution is 6.38. The molecule has 0 spiro atoms. The van der Waals surface area contributed by atoms with Gasteiger partial charge < -0.3 is 10.2 Å². The first-order chi connectivity index (χ1) is 13.9. The van der Waals surface area contributed by atoms with Crippen molar-refractivity contribution in [3.8, 4) is 0 Å². The van der Waals surface area contributed by atoms with Crippen molar-refractivity contribution in [2.75, 3.05) is 16.8 Å². The first kappa shape index (κ1) is 19.4. The minimum absolute atomic E-state index is 0.0235. The number of carbonyl (C=O) groups is 2. The molecular weight excluding hydrogens is 415 g/mol. The van der Waals surface area contributed by atoms with E-state index in [1.807, 2.05) is 6.07 Å². The summed E-state index contributed by atoms with van der Waals surface area (Å²) in [6.45, 7) is 0.371. The fourth-order valence-electron chi connectivity index (χ4n) is 3.37. The van der Waals surface area contributed by atoms with E-state index in [-0.39, 0.29) is 22.9 Å². The van der Waals surface area contributed by atoms with Crippen molar-refractivity contribution >= 4 is 57.3 Å². The number of anilines is 2. The largest absolute Gasteiger partial charge is 0.323 e. The van der Waals surface area contributed by atoms with Gasteiger partial charge >= 0.3 is 0 Å². The molecule has 0 unspecified atom stereocenters. The van der Waals surface area contributed by atoms with Crippen LogP contribution in [-0.4, -0.2) is 27.9 Å². The first-order valence-electron chi connectivity index (χ1n) is 8.97. The Hall–Kier alpha value is -2.90. The van der Waals surface area contributed by atoms with E-state index in [1.54, 1.807) is 23.1 Å². The van der Waals surface area contributed by atoms with Crippen LogP contribution in [0.3, 0.4) is 0 Å². The lowest BCUT2D eigenvalue weighted by molar-refractivity contribution is -0.117. The number of halogens is 2. The Bertz CT molecular complexity index is 1190. The Morgan fingerprint density at radius 2 is 1.97 bits per heavy atom. The van der Waals surface area contributed by atoms with Gasteiger partial charge in [-0.05, 0) is 30.7 Å². The quantitative estimate of drug-likeness (QED) is 0.686. The molecule has 7 nitrogen and oxygen atoms in total. The first-order valence-corrected chi connectivity index (χ1v) is 9.73. The topological polar surface area (TPSA) is 84.3 Å². The minimum atomic E-state index is -0.419. The number of fused-ring (bicyclic) bond motifs is 1. The molecule has 2 heterocycles. The van der Waals surface area contributed by atoms with Crippen LogP contribution in [0, 0.1) is 0 Å². The standard InChI is InChI=1S/C20H16Cl2N4O3/c21-12-8-13-19(14(22)9-12)23-11-25(20(13)29)10-17(27)24-15-4-1-2-5-16(15)26-7-3-6-18(26)28/h1-2,4-5,8-9,11H,3,6-7,10H2,(H,24,27). The molecule has 2 aromatic carbocycles. The maximum absolute atomic E-state index is 12.7. The molecular formula is C20H16Cl2N4O3. The zero-order valence-corrected chi connectivity index (χ0v) is 16.7. The van der Waals surface area contributed by atoms with Gasteiger partial charge in [0.1, 0.15) is 6.54 Å². The second-order valence-corrected chi connectivity index (χ2v) is 7.52. The highest BCUT2D eigenvalue weighted by Gasteiger charge is 2.24. The molecule has 0 bridgehead atoms. The van der Waals surface area contributed by atoms with Crippen LogP contribution >= 0.6 is 23.2 Å². The molecule has 1 aromatic heterocycles. The number of hydrogen-bond acceptors (Lipinski definition) is 4. The van der Waals surface area contributed by atoms with Gasteiger partial charge in [-0.3, -0.25) is 19.0 Å². The summed E-state index contributed by atoms with van der Waals surface area (Å²) in [5.74, 6) is -0.393. The number of para-hydroxylation sites is 2. The molecule has 1 aliphatic heterocycles. The van der Waals surface area contributed by atoms with E-state index in [2.05, 4.69) is 10.3 Å². The summed E-state index contributed by atoms with van der Waals surface area (Å²) < 4.78 is 1.19. The van der Waals surface area contributed by atoms with Crippen LogP contribution in [0.25, 0.3) is 10.9 Å². The van der Waals surface area contributed by atoms with E-state index >= 15 is 0 Å². The molecule has 1 aliphatic rings. The summed E-state index contributed by atoms with van der Waals surface area (Å²) in [6, 6.07) is 10.1. The predicted molar refractivity (Wildman–Crippen MR) is 113 cm³/mol. The van der Waals surface area contributed by atoms with Crippen LogP contribution in [0.5, 0.6) is 0 Å². The number of benzene rings is 2. The smallest absolute Gasteiger partial charge is 0.261 e. The van der Waals surface area contributed by atoms with Gasteiger partial charge in [0, 0.05) is 18.0 Å². The molecule has 148 valence electrons. The minimum Gasteiger partial charge on any atom is -0.323 e. The lowest BCUT2D eigenvalue weighted by atomic mass is 10.2. The zero-order chi connectivity index (χ0) is 20.5. The lowest BCUT2D eigenvalue weighted by Crippen LogP contribution is -2.29. The van der Waals surface area contributed by atoms with Gasteiger partial charge in [-0.25, -0.2) is 4.98 Å². The fraction of sp³-hybridized carbons (Fsp3) is 0.200. The molecule has 0 saturated carbocycles. The molecule has 29 heavy (non-hydrogen) atoms. The van der Waals surface area contributed by atoms with Gasteiger partial charge in [-0.15, -0.1) is 0 Å². The second kappa shape index (κ2) is 7.85. The highest BCUT2D eigenvalue weighted by atomic mass is 35.5. The van der Waals surface area contributed by atoms with E-state index in [1.165, 1.54) is 23.0 Å². The third-order valence-corrected chi connectivity index (χ3v) is 5.21. The SMILES string of the molecule is O=C(Cn1cnc2c(Cl)cc(Cl)cc2c1=O)Nc1ccccc1N1CCCC1=O. The average molecular weight is 431 g/mol. The molecule has 1 N–H and O–H groups in total. The van der Waals surface area contributed by atoms with Crippen LogP contribution in [-0.2, 0) is 16.1 Å². The molecule has 4 rings (SSSR count). The Labute approximate surface area is 175 Å². The Kier molecular flexibility index (Phi) is 5.25. The van der Waals surface area contributed by atoms with Gasteiger partial charge in [-0.1, -0.05) is 35.3 Å². The summed E-state index contributed by atoms with van der Waals surface area (Å²) in [4.78, 5) is 43.2. The number of amides is 2. The predicted octanol–water partition coefficient (Wildman–Crippen LogP) is 3.47. The number of hydrogen-bond donors (Lipinski definition) is 1. The van der Waals surface area contributed by atoms with Crippen LogP contribution < -0.4 is 15.8 Å². The fourth-order valence-corrected chi connectivity index (χ4v) is 3.91. The van der Waals surface area contributed by atoms with E-state index in [0.29, 0.717) is 34.9 Å². The molecule has 0 aliphatic carbocycles. The highest BCUT2D eigenvalue weighted by Crippen LogP contribution is 2.29. The Balaban J connectivity index is 1.59. The van der Waals surface area contributed by atoms with Crippen molar-refractivity contribution < 1.29 is 9.59 Å². The Morgan fingerprint density at radius 1 is 1.17 bits per heavy atom. The van der Waals surface area contributed by atoms with E-state index in [9.17, 15) is 14.4 Å². The van der Waals surface area contributed by atoms with Crippen molar-refractivity contribution in [2.45, 2.75) is 19.4 Å². The van der Waals surface area contributed by atoms with Crippen LogP contribution in [0.15, 0.2) is 47.5 Å². The summed E-state index contributed by atoms with van der Waals surface area (Å²) >= 11 is 12.1. The van der Waals surface area contributed by atoms with Gasteiger partial charge in [0.2, 0.25) is 11.8 Å². The number of carbonyl (C=O) groups excluding carboxylic acids is 2. The summed E-state index contributed by atoms with van der Waals surface area (Å²) in [5, 5.41) is 3.60. The number of rotatable bonds is 4. The van der Waals surface area contributed by atoms with Crippen molar-refractivity contribution in [2.24, 2.45) is 0 Å². The maximum Gasteiger partial charge on any atom is 0.261 e. The van der Waals surface area contributed by atoms with Crippen LogP contribution in [0.1, 0.15) is 12.8 Å². The van der Waals surface area contributed by atoms with Gasteiger partial charge in [-0.2, -0.15) is 0 Å². The lowest BCUT2D eigenvalue weighted by Gasteiger charge is -2.20. The van der Waals surface area contributed by atoms with Crippen molar-refractivity contribution in [1.82, 2.24) is 9.55 Å². The average Bonchev–Trinajstić information content (AvgIpc) is 3.10. The number of nitrogens with zero attached hydrogens (tertiary/aromatic N) is 3. The zero-order valence-electron chi connectivity index (χ0n) is 15.2. The van der Waals surface area contributed by atoms with E-state index in [4.69, 9.17) is 23.2 Å². The normalized spacial score (nSPS) is 13.9. The van der Waals surface area contributed by atoms with Gasteiger partial charge in [0.15, 0.2) is 0 Å². The monoisotopic (exact) mass is 430 g/mol. The summed E-state index contributed by atoms with van der Waals surface area (Å²) in [6.07, 6.45) is 2.55. The number of aromatic nitrogens is 2. The van der Waals surface area contributed by atoms with Crippen molar-refractivity contribution in [1.29, 1.82) is 0 Å². The molecule has 0 atom stereocenters. The Morgan fingerprint density at radius 3 is 2.72 bits per heavy atom.